The second-order valence-electron chi connectivity index (χ2n) is 1.26. The van der Waals surface area contributed by atoms with E-state index in [1.54, 1.807) is 21.1 Å². The molecule has 4 heteroatoms. The van der Waals surface area contributed by atoms with E-state index in [0.717, 1.165) is 0 Å². The topological polar surface area (TPSA) is 46.6 Å². The number of nitrogens with two attached hydrogens (primary N) is 1. The molecule has 0 bridgehead atoms. The van der Waals surface area contributed by atoms with E-state index in [4.69, 9.17) is 5.84 Å². The van der Waals surface area contributed by atoms with Crippen LogP contribution in [-0.2, 0) is 0 Å². The van der Waals surface area contributed by atoms with Gasteiger partial charge in [0.25, 0.3) is 0 Å². The van der Waals surface area contributed by atoms with Crippen molar-refractivity contribution in [2.75, 3.05) is 21.1 Å². The number of rotatable bonds is 2. The number of hydrazine groups is 2. The normalized spacial score (nSPS) is 11.1. The maximum atomic E-state index is 5.21. The van der Waals surface area contributed by atoms with Crippen LogP contribution in [0.25, 0.3) is 5.43 Å². The molecule has 0 amide bonds. The molecule has 0 spiro atoms. The van der Waals surface area contributed by atoms with Crippen LogP contribution in [0.2, 0.25) is 0 Å². The monoisotopic (exact) mass is 103 g/mol. The maximum Gasteiger partial charge on any atom is 0.0158 e. The largest absolute Gasteiger partial charge is 0.581 e. The van der Waals surface area contributed by atoms with E-state index in [0.29, 0.717) is 0 Å². The van der Waals surface area contributed by atoms with Crippen molar-refractivity contribution in [2.24, 2.45) is 5.84 Å². The molecule has 0 aromatic heterocycles. The highest BCUT2D eigenvalue weighted by atomic mass is 15.9. The van der Waals surface area contributed by atoms with Crippen LogP contribution >= 0.6 is 0 Å². The Hall–Kier alpha value is -0.160. The van der Waals surface area contributed by atoms with Gasteiger partial charge in [0.2, 0.25) is 0 Å². The molecule has 0 saturated heterocycles. The molecule has 0 aliphatic rings. The van der Waals surface area contributed by atoms with E-state index < -0.39 is 0 Å². The molecule has 0 radical (unpaired) electrons. The number of hydrogen-bond donors (Lipinski definition) is 1. The lowest BCUT2D eigenvalue weighted by molar-refractivity contribution is 0.0673. The van der Waals surface area contributed by atoms with Gasteiger partial charge in [0, 0.05) is 7.05 Å². The van der Waals surface area contributed by atoms with E-state index in [1.165, 1.54) is 10.2 Å². The van der Waals surface area contributed by atoms with Crippen molar-refractivity contribution in [2.45, 2.75) is 0 Å². The molecule has 0 heterocycles. The van der Waals surface area contributed by atoms with Gasteiger partial charge in [-0.05, 0) is 7.05 Å². The Morgan fingerprint density at radius 3 is 1.86 bits per heavy atom. The summed E-state index contributed by atoms with van der Waals surface area (Å²) in [6.45, 7) is 0. The first kappa shape index (κ1) is 6.84. The highest BCUT2D eigenvalue weighted by molar-refractivity contribution is 4.55. The predicted molar refractivity (Wildman–Crippen MR) is 29.0 cm³/mol. The molecule has 0 rings (SSSR count). The molecule has 0 unspecified atom stereocenters. The maximum absolute atomic E-state index is 5.21. The third-order valence-corrected chi connectivity index (χ3v) is 0.746. The molecular weight excluding hydrogens is 92.1 g/mol. The molecule has 0 aliphatic carbocycles. The number of hydrogen-bond acceptors (Lipinski definition) is 3. The van der Waals surface area contributed by atoms with Crippen LogP contribution in [0.4, 0.5) is 0 Å². The first-order valence-corrected chi connectivity index (χ1v) is 2.00. The Morgan fingerprint density at radius 1 is 1.43 bits per heavy atom. The Labute approximate surface area is 43.8 Å². The minimum Gasteiger partial charge on any atom is -0.581 e. The van der Waals surface area contributed by atoms with Gasteiger partial charge in [0.15, 0.2) is 0 Å². The van der Waals surface area contributed by atoms with Crippen molar-refractivity contribution < 1.29 is 0 Å². The molecule has 2 N–H and O–H groups in total. The number of nitrogens with zero attached hydrogens (tertiary/aromatic N) is 3. The van der Waals surface area contributed by atoms with E-state index in [-0.39, 0.29) is 0 Å². The van der Waals surface area contributed by atoms with Crippen LogP contribution in [0.5, 0.6) is 0 Å². The summed E-state index contributed by atoms with van der Waals surface area (Å²) in [7, 11) is 5.15. The summed E-state index contributed by atoms with van der Waals surface area (Å²) >= 11 is 0. The van der Waals surface area contributed by atoms with Crippen molar-refractivity contribution >= 4 is 0 Å². The van der Waals surface area contributed by atoms with Crippen molar-refractivity contribution in [3.63, 3.8) is 0 Å². The molecular formula is C3H11N4-. The first-order valence-electron chi connectivity index (χ1n) is 2.00. The van der Waals surface area contributed by atoms with E-state index in [2.05, 4.69) is 5.43 Å². The van der Waals surface area contributed by atoms with Gasteiger partial charge in [-0.3, -0.25) is 5.84 Å². The lowest BCUT2D eigenvalue weighted by atomic mass is 11.2. The Morgan fingerprint density at radius 2 is 1.86 bits per heavy atom. The molecule has 0 aromatic carbocycles. The van der Waals surface area contributed by atoms with Gasteiger partial charge in [-0.1, -0.05) is 0 Å². The Kier molecular flexibility index (Phi) is 2.86. The van der Waals surface area contributed by atoms with Gasteiger partial charge in [-0.15, -0.1) is 0 Å². The highest BCUT2D eigenvalue weighted by Crippen LogP contribution is 1.85. The van der Waals surface area contributed by atoms with Crippen LogP contribution < -0.4 is 5.84 Å². The Balaban J connectivity index is 3.14. The molecule has 0 saturated carbocycles. The molecule has 44 valence electrons. The van der Waals surface area contributed by atoms with Crippen LogP contribution in [0.3, 0.4) is 0 Å². The average molecular weight is 103 g/mol. The van der Waals surface area contributed by atoms with E-state index >= 15 is 0 Å². The Bertz CT molecular complexity index is 44.2. The fraction of sp³-hybridized carbons (Fsp3) is 1.00. The minimum absolute atomic E-state index is 1.39. The molecule has 0 fully saturated rings. The van der Waals surface area contributed by atoms with Gasteiger partial charge in [0.1, 0.15) is 0 Å². The lowest BCUT2D eigenvalue weighted by Gasteiger charge is -2.34. The smallest absolute Gasteiger partial charge is 0.0158 e. The van der Waals surface area contributed by atoms with Gasteiger partial charge < -0.3 is 10.5 Å². The quantitative estimate of drug-likeness (QED) is 0.380. The zero-order valence-electron chi connectivity index (χ0n) is 4.92. The second-order valence-corrected chi connectivity index (χ2v) is 1.26. The minimum atomic E-state index is 1.39. The fourth-order valence-corrected chi connectivity index (χ4v) is 0.141. The highest BCUT2D eigenvalue weighted by Gasteiger charge is 1.80. The summed E-state index contributed by atoms with van der Waals surface area (Å²) in [4.78, 5) is 0. The molecule has 4 nitrogen and oxygen atoms in total. The van der Waals surface area contributed by atoms with Gasteiger partial charge in [-0.2, -0.15) is 7.05 Å². The van der Waals surface area contributed by atoms with E-state index in [9.17, 15) is 0 Å². The molecule has 0 aromatic rings. The zero-order chi connectivity index (χ0) is 5.86. The van der Waals surface area contributed by atoms with Gasteiger partial charge >= 0.3 is 0 Å². The molecule has 0 aliphatic heterocycles. The van der Waals surface area contributed by atoms with Crippen molar-refractivity contribution in [3.05, 3.63) is 5.43 Å². The van der Waals surface area contributed by atoms with Crippen molar-refractivity contribution in [1.29, 1.82) is 0 Å². The summed E-state index contributed by atoms with van der Waals surface area (Å²) in [6.07, 6.45) is 0. The SMILES string of the molecule is C[N-]N(C)N(C)N. The van der Waals surface area contributed by atoms with Crippen LogP contribution in [0, 0.1) is 0 Å². The van der Waals surface area contributed by atoms with Crippen molar-refractivity contribution in [1.82, 2.24) is 10.2 Å². The summed E-state index contributed by atoms with van der Waals surface area (Å²) < 4.78 is 0. The third-order valence-electron chi connectivity index (χ3n) is 0.746. The summed E-state index contributed by atoms with van der Waals surface area (Å²) in [6, 6.07) is 0. The van der Waals surface area contributed by atoms with Crippen molar-refractivity contribution in [3.8, 4) is 0 Å². The summed E-state index contributed by atoms with van der Waals surface area (Å²) in [5.74, 6) is 5.21. The van der Waals surface area contributed by atoms with Crippen LogP contribution in [-0.4, -0.2) is 31.4 Å². The first-order chi connectivity index (χ1) is 3.18. The van der Waals surface area contributed by atoms with Crippen LogP contribution in [0.1, 0.15) is 0 Å². The standard InChI is InChI=1S/C3H11N4/c1-5-7(3)6(2)4/h4H2,1-3H3/q-1. The average Bonchev–Trinajstić information content (AvgIpc) is 1.65. The summed E-state index contributed by atoms with van der Waals surface area (Å²) in [5, 5.41) is 2.92. The van der Waals surface area contributed by atoms with Crippen LogP contribution in [0.15, 0.2) is 0 Å². The second kappa shape index (κ2) is 2.92. The molecule has 7 heavy (non-hydrogen) atoms. The van der Waals surface area contributed by atoms with Gasteiger partial charge in [0.05, 0.1) is 0 Å². The van der Waals surface area contributed by atoms with Gasteiger partial charge in [-0.25, -0.2) is 5.12 Å². The fourth-order valence-electron chi connectivity index (χ4n) is 0.141. The summed E-state index contributed by atoms with van der Waals surface area (Å²) in [5.41, 5.74) is 3.72. The van der Waals surface area contributed by atoms with E-state index in [1.807, 2.05) is 0 Å². The zero-order valence-corrected chi connectivity index (χ0v) is 4.92. The lowest BCUT2D eigenvalue weighted by Crippen LogP contribution is -2.38. The third kappa shape index (κ3) is 2.52. The molecule has 0 atom stereocenters. The predicted octanol–water partition coefficient (Wildman–Crippen LogP) is -0.443.